The Morgan fingerprint density at radius 1 is 1.20 bits per heavy atom. The number of rotatable bonds is 1. The van der Waals surface area contributed by atoms with Gasteiger partial charge in [-0.25, -0.2) is 0 Å². The highest BCUT2D eigenvalue weighted by atomic mass is 16.5. The molecule has 0 bridgehead atoms. The van der Waals surface area contributed by atoms with Crippen LogP contribution >= 0.6 is 0 Å². The molecule has 0 aromatic heterocycles. The highest BCUT2D eigenvalue weighted by Crippen LogP contribution is 2.32. The van der Waals surface area contributed by atoms with Crippen molar-refractivity contribution in [3.8, 4) is 5.75 Å². The zero-order valence-electron chi connectivity index (χ0n) is 8.71. The van der Waals surface area contributed by atoms with Crippen LogP contribution in [0.3, 0.4) is 0 Å². The summed E-state index contributed by atoms with van der Waals surface area (Å²) in [4.78, 5) is 0. The van der Waals surface area contributed by atoms with E-state index in [0.29, 0.717) is 0 Å². The average Bonchev–Trinajstić information content (AvgIpc) is 2.76. The van der Waals surface area contributed by atoms with E-state index in [2.05, 4.69) is 29.6 Å². The van der Waals surface area contributed by atoms with Crippen LogP contribution in [0.15, 0.2) is 30.3 Å². The Morgan fingerprint density at radius 2 is 2.13 bits per heavy atom. The maximum atomic E-state index is 5.23. The molecular formula is C13H13NO. The number of methoxy groups -OCH3 is 1. The fourth-order valence-electron chi connectivity index (χ4n) is 2.26. The lowest BCUT2D eigenvalue weighted by Gasteiger charge is -2.06. The monoisotopic (exact) mass is 199 g/mol. The molecule has 0 saturated heterocycles. The molecule has 2 nitrogen and oxygen atoms in total. The molecule has 0 unspecified atom stereocenters. The van der Waals surface area contributed by atoms with Gasteiger partial charge in [-0.05, 0) is 41.0 Å². The third-order valence-electron chi connectivity index (χ3n) is 3.03. The second-order valence-corrected chi connectivity index (χ2v) is 3.86. The van der Waals surface area contributed by atoms with Crippen LogP contribution in [0.2, 0.25) is 0 Å². The van der Waals surface area contributed by atoms with Gasteiger partial charge in [0.05, 0.1) is 7.11 Å². The summed E-state index contributed by atoms with van der Waals surface area (Å²) in [6.07, 6.45) is 1.12. The third-order valence-corrected chi connectivity index (χ3v) is 3.03. The minimum Gasteiger partial charge on any atom is -0.497 e. The van der Waals surface area contributed by atoms with Gasteiger partial charge in [0.1, 0.15) is 5.75 Å². The van der Waals surface area contributed by atoms with Crippen LogP contribution in [0.1, 0.15) is 5.56 Å². The summed E-state index contributed by atoms with van der Waals surface area (Å²) in [5.74, 6) is 0.924. The minimum atomic E-state index is 0.924. The molecule has 2 heteroatoms. The lowest BCUT2D eigenvalue weighted by atomic mass is 10.0. The van der Waals surface area contributed by atoms with Crippen LogP contribution in [0.5, 0.6) is 5.75 Å². The number of ether oxygens (including phenoxy) is 1. The number of benzene rings is 2. The fraction of sp³-hybridized carbons (Fsp3) is 0.231. The molecule has 1 N–H and O–H groups in total. The first kappa shape index (κ1) is 8.60. The Labute approximate surface area is 88.9 Å². The van der Waals surface area contributed by atoms with Crippen molar-refractivity contribution in [3.63, 3.8) is 0 Å². The summed E-state index contributed by atoms with van der Waals surface area (Å²) >= 11 is 0. The summed E-state index contributed by atoms with van der Waals surface area (Å²) < 4.78 is 5.23. The number of hydrogen-bond donors (Lipinski definition) is 1. The van der Waals surface area contributed by atoms with Crippen molar-refractivity contribution >= 4 is 16.5 Å². The van der Waals surface area contributed by atoms with E-state index in [4.69, 9.17) is 4.74 Å². The number of fused-ring (bicyclic) bond motifs is 3. The van der Waals surface area contributed by atoms with E-state index in [-0.39, 0.29) is 0 Å². The Kier molecular flexibility index (Phi) is 1.81. The Morgan fingerprint density at radius 3 is 3.00 bits per heavy atom. The molecule has 15 heavy (non-hydrogen) atoms. The maximum Gasteiger partial charge on any atom is 0.119 e. The van der Waals surface area contributed by atoms with E-state index in [0.717, 1.165) is 18.7 Å². The van der Waals surface area contributed by atoms with Crippen molar-refractivity contribution in [2.45, 2.75) is 6.42 Å². The lowest BCUT2D eigenvalue weighted by molar-refractivity contribution is 0.415. The predicted molar refractivity (Wildman–Crippen MR) is 62.7 cm³/mol. The molecule has 0 radical (unpaired) electrons. The van der Waals surface area contributed by atoms with Gasteiger partial charge in [-0.3, -0.25) is 0 Å². The molecule has 0 atom stereocenters. The quantitative estimate of drug-likeness (QED) is 0.762. The molecule has 1 heterocycles. The molecule has 0 amide bonds. The van der Waals surface area contributed by atoms with Crippen molar-refractivity contribution in [3.05, 3.63) is 35.9 Å². The molecule has 0 fully saturated rings. The Balaban J connectivity index is 2.29. The molecule has 76 valence electrons. The van der Waals surface area contributed by atoms with E-state index in [9.17, 15) is 0 Å². The van der Waals surface area contributed by atoms with E-state index >= 15 is 0 Å². The van der Waals surface area contributed by atoms with Crippen molar-refractivity contribution in [2.75, 3.05) is 19.0 Å². The minimum absolute atomic E-state index is 0.924. The third kappa shape index (κ3) is 1.25. The maximum absolute atomic E-state index is 5.23. The van der Waals surface area contributed by atoms with E-state index < -0.39 is 0 Å². The summed E-state index contributed by atoms with van der Waals surface area (Å²) in [6.45, 7) is 1.06. The Bertz CT molecular complexity index is 519. The van der Waals surface area contributed by atoms with Gasteiger partial charge in [-0.2, -0.15) is 0 Å². The number of anilines is 1. The molecule has 2 aromatic rings. The molecular weight excluding hydrogens is 186 g/mol. The van der Waals surface area contributed by atoms with E-state index in [1.165, 1.54) is 22.0 Å². The first-order valence-corrected chi connectivity index (χ1v) is 5.22. The number of nitrogens with one attached hydrogen (secondary N) is 1. The van der Waals surface area contributed by atoms with E-state index in [1.807, 2.05) is 6.07 Å². The normalized spacial score (nSPS) is 13.7. The topological polar surface area (TPSA) is 21.3 Å². The summed E-state index contributed by atoms with van der Waals surface area (Å²) in [7, 11) is 1.70. The second kappa shape index (κ2) is 3.16. The first-order chi connectivity index (χ1) is 7.38. The van der Waals surface area contributed by atoms with Crippen molar-refractivity contribution in [2.24, 2.45) is 0 Å². The van der Waals surface area contributed by atoms with Gasteiger partial charge in [0.25, 0.3) is 0 Å². The molecule has 1 aliphatic heterocycles. The number of hydrogen-bond acceptors (Lipinski definition) is 2. The lowest BCUT2D eigenvalue weighted by Crippen LogP contribution is -1.90. The fourth-order valence-corrected chi connectivity index (χ4v) is 2.26. The Hall–Kier alpha value is -1.70. The van der Waals surface area contributed by atoms with Gasteiger partial charge in [0.2, 0.25) is 0 Å². The second-order valence-electron chi connectivity index (χ2n) is 3.86. The van der Waals surface area contributed by atoms with Gasteiger partial charge >= 0.3 is 0 Å². The van der Waals surface area contributed by atoms with E-state index in [1.54, 1.807) is 7.11 Å². The zero-order valence-corrected chi connectivity index (χ0v) is 8.71. The average molecular weight is 199 g/mol. The van der Waals surface area contributed by atoms with Crippen LogP contribution < -0.4 is 10.1 Å². The van der Waals surface area contributed by atoms with Crippen molar-refractivity contribution in [1.29, 1.82) is 0 Å². The highest BCUT2D eigenvalue weighted by Gasteiger charge is 2.12. The largest absolute Gasteiger partial charge is 0.497 e. The van der Waals surface area contributed by atoms with Crippen LogP contribution in [0, 0.1) is 0 Å². The molecule has 0 aliphatic carbocycles. The van der Waals surface area contributed by atoms with Crippen LogP contribution in [0.4, 0.5) is 5.69 Å². The smallest absolute Gasteiger partial charge is 0.119 e. The van der Waals surface area contributed by atoms with Gasteiger partial charge < -0.3 is 10.1 Å². The summed E-state index contributed by atoms with van der Waals surface area (Å²) in [6, 6.07) is 10.6. The van der Waals surface area contributed by atoms with Crippen molar-refractivity contribution in [1.82, 2.24) is 0 Å². The standard InChI is InChI=1S/C13H13NO/c1-15-10-3-4-11-9(8-10)2-5-13-12(11)6-7-14-13/h2-5,8,14H,6-7H2,1H3. The molecule has 1 aliphatic rings. The van der Waals surface area contributed by atoms with Gasteiger partial charge in [0, 0.05) is 12.2 Å². The molecule has 0 saturated carbocycles. The zero-order chi connectivity index (χ0) is 10.3. The van der Waals surface area contributed by atoms with Crippen LogP contribution in [-0.2, 0) is 6.42 Å². The highest BCUT2D eigenvalue weighted by molar-refractivity contribution is 5.92. The molecule has 3 rings (SSSR count). The predicted octanol–water partition coefficient (Wildman–Crippen LogP) is 2.82. The SMILES string of the molecule is COc1ccc2c3c(ccc2c1)NCC3. The first-order valence-electron chi connectivity index (χ1n) is 5.22. The summed E-state index contributed by atoms with van der Waals surface area (Å²) in [5, 5.41) is 6.00. The van der Waals surface area contributed by atoms with Crippen molar-refractivity contribution < 1.29 is 4.74 Å². The van der Waals surface area contributed by atoms with Gasteiger partial charge in [-0.15, -0.1) is 0 Å². The summed E-state index contributed by atoms with van der Waals surface area (Å²) in [5.41, 5.74) is 2.72. The van der Waals surface area contributed by atoms with Crippen LogP contribution in [0.25, 0.3) is 10.8 Å². The molecule has 2 aromatic carbocycles. The molecule has 0 spiro atoms. The van der Waals surface area contributed by atoms with Gasteiger partial charge in [-0.1, -0.05) is 12.1 Å². The van der Waals surface area contributed by atoms with Crippen LogP contribution in [-0.4, -0.2) is 13.7 Å². The van der Waals surface area contributed by atoms with Gasteiger partial charge in [0.15, 0.2) is 0 Å².